The van der Waals surface area contributed by atoms with Crippen LogP contribution in [-0.2, 0) is 38.5 Å². The average Bonchev–Trinajstić information content (AvgIpc) is 3.28. The Bertz CT molecular complexity index is 1970. The number of hydrogen-bond acceptors (Lipinski definition) is 15. The first kappa shape index (κ1) is 56.8. The average molecular weight is 982 g/mol. The summed E-state index contributed by atoms with van der Waals surface area (Å²) in [7, 11) is -5.84. The Balaban J connectivity index is 0.000000313. The lowest BCUT2D eigenvalue weighted by Gasteiger charge is -2.14. The van der Waals surface area contributed by atoms with Crippen molar-refractivity contribution >= 4 is 22.1 Å². The molecule has 4 aromatic rings. The van der Waals surface area contributed by atoms with Crippen molar-refractivity contribution in [2.75, 3.05) is 106 Å². The number of halogens is 3. The van der Waals surface area contributed by atoms with E-state index in [2.05, 4.69) is 5.32 Å². The molecule has 376 valence electrons. The van der Waals surface area contributed by atoms with E-state index in [-0.39, 0.29) is 11.9 Å². The molecule has 1 aliphatic rings. The van der Waals surface area contributed by atoms with Crippen molar-refractivity contribution in [1.82, 2.24) is 5.32 Å². The Morgan fingerprint density at radius 1 is 0.529 bits per heavy atom. The number of carbonyl (C=O) groups excluding carboxylic acids is 2. The molecule has 0 bridgehead atoms. The highest BCUT2D eigenvalue weighted by Gasteiger charge is 2.44. The second-order valence-corrected chi connectivity index (χ2v) is 16.2. The van der Waals surface area contributed by atoms with Crippen molar-refractivity contribution < 1.29 is 83.1 Å². The van der Waals surface area contributed by atoms with Crippen LogP contribution in [0.5, 0.6) is 23.0 Å². The second-order valence-electron chi connectivity index (χ2n) is 14.8. The molecule has 0 saturated carbocycles. The summed E-state index contributed by atoms with van der Waals surface area (Å²) in [6.07, 6.45) is 0.696. The van der Waals surface area contributed by atoms with Crippen LogP contribution >= 0.6 is 0 Å². The van der Waals surface area contributed by atoms with Crippen LogP contribution < -0.4 is 24.3 Å². The van der Waals surface area contributed by atoms with Gasteiger partial charge < -0.3 is 52.7 Å². The molecule has 0 aliphatic carbocycles. The number of rotatable bonds is 9. The van der Waals surface area contributed by atoms with Gasteiger partial charge in [-0.25, -0.2) is 9.59 Å². The highest BCUT2D eigenvalue weighted by Crippen LogP contribution is 2.27. The van der Waals surface area contributed by atoms with Gasteiger partial charge in [-0.3, -0.25) is 4.55 Å². The number of esters is 2. The summed E-state index contributed by atoms with van der Waals surface area (Å²) in [5.41, 5.74) is -0.194. The Kier molecular flexibility index (Phi) is 26.4. The van der Waals surface area contributed by atoms with E-state index in [1.54, 1.807) is 0 Å². The van der Waals surface area contributed by atoms with E-state index < -0.39 is 15.6 Å². The van der Waals surface area contributed by atoms with Crippen LogP contribution in [0.25, 0.3) is 0 Å². The van der Waals surface area contributed by atoms with Gasteiger partial charge in [0.15, 0.2) is 23.0 Å². The van der Waals surface area contributed by atoms with Crippen molar-refractivity contribution in [2.45, 2.75) is 39.6 Å². The fourth-order valence-corrected chi connectivity index (χ4v) is 5.92. The Morgan fingerprint density at radius 2 is 0.824 bits per heavy atom. The topological polar surface area (TPSA) is 193 Å². The van der Waals surface area contributed by atoms with Crippen LogP contribution in [0.15, 0.2) is 84.9 Å². The molecule has 0 atom stereocenters. The monoisotopic (exact) mass is 981 g/mol. The quantitative estimate of drug-likeness (QED) is 0.0735. The van der Waals surface area contributed by atoms with Crippen LogP contribution in [0, 0.1) is 27.7 Å². The molecule has 1 heterocycles. The first-order valence-electron chi connectivity index (χ1n) is 21.8. The van der Waals surface area contributed by atoms with E-state index in [1.165, 1.54) is 0 Å². The molecule has 1 aliphatic heterocycles. The Morgan fingerprint density at radius 3 is 1.13 bits per heavy atom. The summed E-state index contributed by atoms with van der Waals surface area (Å²) in [5.74, 6) is 2.13. The van der Waals surface area contributed by atoms with Crippen molar-refractivity contribution in [3.8, 4) is 23.0 Å². The molecule has 0 fully saturated rings. The third kappa shape index (κ3) is 24.0. The normalized spacial score (nSPS) is 14.6. The molecule has 4 aromatic carbocycles. The van der Waals surface area contributed by atoms with E-state index >= 15 is 0 Å². The number of nitrogens with one attached hydrogen (secondary N) is 1. The maximum atomic E-state index is 12.0. The van der Waals surface area contributed by atoms with Gasteiger partial charge in [0.1, 0.15) is 33.0 Å². The fourth-order valence-electron chi connectivity index (χ4n) is 5.92. The first-order chi connectivity index (χ1) is 32.5. The maximum absolute atomic E-state index is 12.0. The van der Waals surface area contributed by atoms with Gasteiger partial charge in [0.05, 0.1) is 70.6 Å². The summed E-state index contributed by atoms with van der Waals surface area (Å²) < 4.78 is 113. The first-order valence-corrected chi connectivity index (χ1v) is 23.2. The van der Waals surface area contributed by atoms with Gasteiger partial charge in [-0.2, -0.15) is 21.6 Å². The molecule has 0 saturated heterocycles. The highest BCUT2D eigenvalue weighted by atomic mass is 32.2. The minimum absolute atomic E-state index is 0.297. The van der Waals surface area contributed by atoms with Crippen molar-refractivity contribution in [1.29, 1.82) is 0 Å². The van der Waals surface area contributed by atoms with Gasteiger partial charge in [-0.15, -0.1) is 0 Å². The van der Waals surface area contributed by atoms with Crippen LogP contribution in [0.4, 0.5) is 13.2 Å². The number of para-hydroxylation sites is 4. The smallest absolute Gasteiger partial charge is 0.487 e. The zero-order chi connectivity index (χ0) is 49.6. The van der Waals surface area contributed by atoms with Gasteiger partial charge in [0.2, 0.25) is 0 Å². The van der Waals surface area contributed by atoms with Gasteiger partial charge in [0, 0.05) is 6.54 Å². The van der Waals surface area contributed by atoms with Gasteiger partial charge in [0.25, 0.3) is 0 Å². The van der Waals surface area contributed by atoms with E-state index in [9.17, 15) is 22.8 Å². The van der Waals surface area contributed by atoms with Crippen LogP contribution in [0.2, 0.25) is 0 Å². The van der Waals surface area contributed by atoms with Gasteiger partial charge in [-0.05, 0) is 89.2 Å². The SMILES string of the molecule is Cc1cc(C)cc(C(=O)OCCCNCCOC(=O)c2cc(C)cc(C)c2)c1.O=S(=O)(O)C(F)(F)F.c1ccc2c(c1)OCCOCCOCCOc1ccccc1OCCOCCOCCO2. The molecule has 20 heteroatoms. The summed E-state index contributed by atoms with van der Waals surface area (Å²) in [6.45, 7) is 15.2. The number of carbonyl (C=O) groups is 2. The van der Waals surface area contributed by atoms with Crippen molar-refractivity contribution in [3.63, 3.8) is 0 Å². The number of hydrogen-bond donors (Lipinski definition) is 2. The highest BCUT2D eigenvalue weighted by molar-refractivity contribution is 7.86. The zero-order valence-corrected chi connectivity index (χ0v) is 39.6. The fraction of sp³-hybridized carbons (Fsp3) is 0.458. The van der Waals surface area contributed by atoms with E-state index in [4.69, 9.17) is 60.3 Å². The molecule has 5 rings (SSSR count). The molecule has 2 N–H and O–H groups in total. The molecular weight excluding hydrogens is 920 g/mol. The molecular formula is C48H62F3NO15S. The summed E-state index contributed by atoms with van der Waals surface area (Å²) in [5, 5.41) is 3.18. The zero-order valence-electron chi connectivity index (χ0n) is 38.8. The largest absolute Gasteiger partial charge is 0.522 e. The van der Waals surface area contributed by atoms with Crippen molar-refractivity contribution in [3.05, 3.63) is 118 Å². The minimum Gasteiger partial charge on any atom is -0.487 e. The lowest BCUT2D eigenvalue weighted by Crippen LogP contribution is -2.23. The van der Waals surface area contributed by atoms with Crippen LogP contribution in [-0.4, -0.2) is 136 Å². The molecule has 0 radical (unpaired) electrons. The second kappa shape index (κ2) is 31.5. The number of alkyl halides is 3. The Labute approximate surface area is 396 Å². The number of fused-ring (bicyclic) bond motifs is 2. The lowest BCUT2D eigenvalue weighted by atomic mass is 10.1. The number of aryl methyl sites for hydroxylation is 4. The number of ether oxygens (including phenoxy) is 10. The lowest BCUT2D eigenvalue weighted by molar-refractivity contribution is -0.0510. The summed E-state index contributed by atoms with van der Waals surface area (Å²) in [6, 6.07) is 26.5. The van der Waals surface area contributed by atoms with Crippen LogP contribution in [0.3, 0.4) is 0 Å². The van der Waals surface area contributed by atoms with Gasteiger partial charge in [-0.1, -0.05) is 58.7 Å². The third-order valence-corrected chi connectivity index (χ3v) is 9.42. The minimum atomic E-state index is -5.84. The molecule has 0 spiro atoms. The maximum Gasteiger partial charge on any atom is 0.522 e. The molecule has 16 nitrogen and oxygen atoms in total. The third-order valence-electron chi connectivity index (χ3n) is 8.83. The summed E-state index contributed by atoms with van der Waals surface area (Å²) in [4.78, 5) is 24.1. The Hall–Kier alpha value is -5.48. The van der Waals surface area contributed by atoms with E-state index in [0.717, 1.165) is 22.3 Å². The molecule has 0 unspecified atom stereocenters. The summed E-state index contributed by atoms with van der Waals surface area (Å²) >= 11 is 0. The molecule has 0 aromatic heterocycles. The van der Waals surface area contributed by atoms with Crippen molar-refractivity contribution in [2.24, 2.45) is 0 Å². The van der Waals surface area contributed by atoms with Crippen LogP contribution in [0.1, 0.15) is 49.4 Å². The predicted octanol–water partition coefficient (Wildman–Crippen LogP) is 7.29. The van der Waals surface area contributed by atoms with Gasteiger partial charge >= 0.3 is 27.6 Å². The molecule has 68 heavy (non-hydrogen) atoms. The predicted molar refractivity (Wildman–Crippen MR) is 246 cm³/mol. The number of benzene rings is 4. The standard InChI is InChI=1S/C24H32O8.C23H29NO4.CHF3O3S/c1-2-6-22-21(5-1)29-17-13-25-9-10-27-15-19-31-23-7-3-4-8-24(23)32-20-16-28-12-11-26-14-18-30-22;1-16-10-17(2)13-20(12-16)22(25)27-8-5-6-24-7-9-28-23(26)21-14-18(3)11-19(4)15-21;2-1(3,4)8(5,6)7/h1-8H,9-20H2;10-15,24H,5-9H2,1-4H3;(H,5,6,7). The molecule has 0 amide bonds. The van der Waals surface area contributed by atoms with E-state index in [1.807, 2.05) is 113 Å². The van der Waals surface area contributed by atoms with E-state index in [0.29, 0.717) is 146 Å².